The topological polar surface area (TPSA) is 54.0 Å². The molecular weight excluding hydrogens is 250 g/mol. The predicted molar refractivity (Wildman–Crippen MR) is 80.9 cm³/mol. The fourth-order valence-electron chi connectivity index (χ4n) is 2.05. The van der Waals surface area contributed by atoms with Gasteiger partial charge in [-0.1, -0.05) is 0 Å². The summed E-state index contributed by atoms with van der Waals surface area (Å²) in [5.74, 6) is -0.0543. The van der Waals surface area contributed by atoms with Crippen LogP contribution in [0.25, 0.3) is 0 Å². The fourth-order valence-corrected chi connectivity index (χ4v) is 2.05. The highest BCUT2D eigenvalue weighted by Gasteiger charge is 2.09. The van der Waals surface area contributed by atoms with E-state index < -0.39 is 0 Å². The third-order valence-corrected chi connectivity index (χ3v) is 3.34. The Morgan fingerprint density at radius 3 is 2.65 bits per heavy atom. The lowest BCUT2D eigenvalue weighted by Crippen LogP contribution is -2.24. The van der Waals surface area contributed by atoms with Gasteiger partial charge in [-0.15, -0.1) is 0 Å². The number of nitrogens with one attached hydrogen (secondary N) is 2. The summed E-state index contributed by atoms with van der Waals surface area (Å²) in [6.07, 6.45) is 3.54. The highest BCUT2D eigenvalue weighted by Crippen LogP contribution is 2.15. The third-order valence-electron chi connectivity index (χ3n) is 3.34. The number of carbonyl (C=O) groups excluding carboxylic acids is 1. The van der Waals surface area contributed by atoms with Gasteiger partial charge in [0.1, 0.15) is 0 Å². The van der Waals surface area contributed by atoms with Crippen LogP contribution in [0.15, 0.2) is 36.7 Å². The van der Waals surface area contributed by atoms with Gasteiger partial charge in [0.25, 0.3) is 5.91 Å². The number of aromatic nitrogens is 1. The largest absolute Gasteiger partial charge is 0.388 e. The quantitative estimate of drug-likeness (QED) is 0.897. The van der Waals surface area contributed by atoms with Crippen molar-refractivity contribution >= 4 is 11.6 Å². The molecular formula is C16H19N3O. The number of rotatable bonds is 4. The first-order valence-electron chi connectivity index (χ1n) is 6.58. The Morgan fingerprint density at radius 2 is 2.00 bits per heavy atom. The molecule has 2 aromatic rings. The minimum atomic E-state index is -0.0543. The van der Waals surface area contributed by atoms with Gasteiger partial charge in [-0.2, -0.15) is 0 Å². The van der Waals surface area contributed by atoms with Crippen molar-refractivity contribution in [2.75, 3.05) is 12.4 Å². The molecule has 2 rings (SSSR count). The van der Waals surface area contributed by atoms with Gasteiger partial charge < -0.3 is 10.6 Å². The molecule has 0 aliphatic rings. The Bertz CT molecular complexity index is 623. The molecule has 0 bridgehead atoms. The molecule has 1 aromatic carbocycles. The molecule has 1 amide bonds. The Morgan fingerprint density at radius 1 is 1.20 bits per heavy atom. The highest BCUT2D eigenvalue weighted by atomic mass is 16.1. The van der Waals surface area contributed by atoms with Crippen LogP contribution in [-0.4, -0.2) is 17.9 Å². The van der Waals surface area contributed by atoms with Crippen LogP contribution in [0.5, 0.6) is 0 Å². The molecule has 0 saturated carbocycles. The molecule has 0 spiro atoms. The highest BCUT2D eigenvalue weighted by molar-refractivity contribution is 5.96. The molecule has 0 aliphatic carbocycles. The molecule has 0 fully saturated rings. The number of amides is 1. The SMILES string of the molecule is CNc1ccc(C(=O)NCc2ccncc2C)c(C)c1. The van der Waals surface area contributed by atoms with E-state index in [1.807, 2.05) is 45.2 Å². The number of benzene rings is 1. The maximum absolute atomic E-state index is 12.2. The lowest BCUT2D eigenvalue weighted by atomic mass is 10.1. The summed E-state index contributed by atoms with van der Waals surface area (Å²) in [6.45, 7) is 4.44. The van der Waals surface area contributed by atoms with E-state index in [2.05, 4.69) is 15.6 Å². The van der Waals surface area contributed by atoms with Crippen molar-refractivity contribution in [3.8, 4) is 0 Å². The second-order valence-electron chi connectivity index (χ2n) is 4.76. The lowest BCUT2D eigenvalue weighted by molar-refractivity contribution is 0.0950. The van der Waals surface area contributed by atoms with Crippen molar-refractivity contribution in [1.82, 2.24) is 10.3 Å². The molecule has 0 aliphatic heterocycles. The summed E-state index contributed by atoms with van der Waals surface area (Å²) in [6, 6.07) is 7.63. The van der Waals surface area contributed by atoms with E-state index in [9.17, 15) is 4.79 Å². The van der Waals surface area contributed by atoms with Crippen molar-refractivity contribution < 1.29 is 4.79 Å². The van der Waals surface area contributed by atoms with E-state index in [1.165, 1.54) is 0 Å². The second kappa shape index (κ2) is 6.19. The number of hydrogen-bond donors (Lipinski definition) is 2. The van der Waals surface area contributed by atoms with E-state index in [-0.39, 0.29) is 5.91 Å². The maximum atomic E-state index is 12.2. The smallest absolute Gasteiger partial charge is 0.251 e. The monoisotopic (exact) mass is 269 g/mol. The molecule has 1 heterocycles. The minimum absolute atomic E-state index is 0.0543. The van der Waals surface area contributed by atoms with E-state index in [0.717, 1.165) is 22.4 Å². The predicted octanol–water partition coefficient (Wildman–Crippen LogP) is 2.67. The van der Waals surface area contributed by atoms with E-state index >= 15 is 0 Å². The zero-order valence-electron chi connectivity index (χ0n) is 12.0. The maximum Gasteiger partial charge on any atom is 0.251 e. The summed E-state index contributed by atoms with van der Waals surface area (Å²) in [5, 5.41) is 6.01. The summed E-state index contributed by atoms with van der Waals surface area (Å²) < 4.78 is 0. The zero-order valence-corrected chi connectivity index (χ0v) is 12.0. The van der Waals surface area contributed by atoms with E-state index in [4.69, 9.17) is 0 Å². The first kappa shape index (κ1) is 14.1. The molecule has 1 aromatic heterocycles. The number of nitrogens with zero attached hydrogens (tertiary/aromatic N) is 1. The van der Waals surface area contributed by atoms with Crippen LogP contribution in [0.1, 0.15) is 27.0 Å². The standard InChI is InChI=1S/C16H19N3O/c1-11-8-14(17-3)4-5-15(11)16(20)19-10-13-6-7-18-9-12(13)2/h4-9,17H,10H2,1-3H3,(H,19,20). The summed E-state index contributed by atoms with van der Waals surface area (Å²) in [4.78, 5) is 16.2. The van der Waals surface area contributed by atoms with Crippen molar-refractivity contribution in [1.29, 1.82) is 0 Å². The number of pyridine rings is 1. The van der Waals surface area contributed by atoms with E-state index in [0.29, 0.717) is 12.1 Å². The van der Waals surface area contributed by atoms with Crippen molar-refractivity contribution in [2.24, 2.45) is 0 Å². The minimum Gasteiger partial charge on any atom is -0.388 e. The average Bonchev–Trinajstić information content (AvgIpc) is 2.46. The molecule has 2 N–H and O–H groups in total. The van der Waals surface area contributed by atoms with Gasteiger partial charge in [-0.05, 0) is 54.8 Å². The van der Waals surface area contributed by atoms with Crippen molar-refractivity contribution in [3.05, 3.63) is 58.9 Å². The Hall–Kier alpha value is -2.36. The molecule has 4 heteroatoms. The third kappa shape index (κ3) is 3.15. The van der Waals surface area contributed by atoms with Crippen LogP contribution in [0.2, 0.25) is 0 Å². The second-order valence-corrected chi connectivity index (χ2v) is 4.76. The molecule has 0 saturated heterocycles. The molecule has 4 nitrogen and oxygen atoms in total. The van der Waals surface area contributed by atoms with Gasteiger partial charge in [-0.25, -0.2) is 0 Å². The number of hydrogen-bond acceptors (Lipinski definition) is 3. The van der Waals surface area contributed by atoms with Crippen LogP contribution in [-0.2, 0) is 6.54 Å². The fraction of sp³-hybridized carbons (Fsp3) is 0.250. The van der Waals surface area contributed by atoms with Gasteiger partial charge in [0.15, 0.2) is 0 Å². The first-order valence-corrected chi connectivity index (χ1v) is 6.58. The van der Waals surface area contributed by atoms with Gasteiger partial charge in [0.2, 0.25) is 0 Å². The molecule has 0 atom stereocenters. The molecule has 0 unspecified atom stereocenters. The van der Waals surface area contributed by atoms with Gasteiger partial charge >= 0.3 is 0 Å². The van der Waals surface area contributed by atoms with Crippen molar-refractivity contribution in [3.63, 3.8) is 0 Å². The Balaban J connectivity index is 2.07. The Labute approximate surface area is 119 Å². The molecule has 0 radical (unpaired) electrons. The number of anilines is 1. The van der Waals surface area contributed by atoms with Crippen LogP contribution < -0.4 is 10.6 Å². The van der Waals surface area contributed by atoms with Gasteiger partial charge in [-0.3, -0.25) is 9.78 Å². The number of carbonyl (C=O) groups is 1. The van der Waals surface area contributed by atoms with E-state index in [1.54, 1.807) is 12.4 Å². The summed E-state index contributed by atoms with van der Waals surface area (Å²) in [7, 11) is 1.86. The van der Waals surface area contributed by atoms with Crippen molar-refractivity contribution in [2.45, 2.75) is 20.4 Å². The molecule has 104 valence electrons. The van der Waals surface area contributed by atoms with Gasteiger partial charge in [0.05, 0.1) is 0 Å². The van der Waals surface area contributed by atoms with Crippen LogP contribution >= 0.6 is 0 Å². The zero-order chi connectivity index (χ0) is 14.5. The average molecular weight is 269 g/mol. The Kier molecular flexibility index (Phi) is 4.35. The number of aryl methyl sites for hydroxylation is 2. The summed E-state index contributed by atoms with van der Waals surface area (Å²) in [5.41, 5.74) is 4.83. The summed E-state index contributed by atoms with van der Waals surface area (Å²) >= 11 is 0. The van der Waals surface area contributed by atoms with Crippen LogP contribution in [0, 0.1) is 13.8 Å². The lowest BCUT2D eigenvalue weighted by Gasteiger charge is -2.10. The van der Waals surface area contributed by atoms with Crippen LogP contribution in [0.4, 0.5) is 5.69 Å². The molecule has 20 heavy (non-hydrogen) atoms. The van der Waals surface area contributed by atoms with Gasteiger partial charge in [0, 0.05) is 37.2 Å². The van der Waals surface area contributed by atoms with Crippen LogP contribution in [0.3, 0.4) is 0 Å². The normalized spacial score (nSPS) is 10.2. The first-order chi connectivity index (χ1) is 9.61.